The first-order valence-electron chi connectivity index (χ1n) is 10.1. The van der Waals surface area contributed by atoms with E-state index in [0.717, 1.165) is 60.1 Å². The van der Waals surface area contributed by atoms with E-state index in [2.05, 4.69) is 10.2 Å². The number of nitrogens with zero attached hydrogens (tertiary/aromatic N) is 1. The first-order chi connectivity index (χ1) is 14.6. The van der Waals surface area contributed by atoms with Crippen molar-refractivity contribution >= 4 is 17.3 Å². The van der Waals surface area contributed by atoms with Crippen LogP contribution in [0, 0.1) is 6.92 Å². The molecule has 30 heavy (non-hydrogen) atoms. The Hall–Kier alpha value is -3.31. The molecule has 154 valence electrons. The van der Waals surface area contributed by atoms with Gasteiger partial charge in [0.2, 0.25) is 0 Å². The maximum absolute atomic E-state index is 12.8. The van der Waals surface area contributed by atoms with Gasteiger partial charge in [-0.05, 0) is 72.1 Å². The Bertz CT molecular complexity index is 1010. The molecule has 0 spiro atoms. The molecular weight excluding hydrogens is 376 g/mol. The summed E-state index contributed by atoms with van der Waals surface area (Å²) in [7, 11) is 1.65. The number of amides is 1. The summed E-state index contributed by atoms with van der Waals surface area (Å²) in [5.74, 6) is 0.690. The zero-order valence-corrected chi connectivity index (χ0v) is 17.4. The Labute approximate surface area is 177 Å². The molecule has 0 bridgehead atoms. The fourth-order valence-electron chi connectivity index (χ4n) is 3.63. The predicted octanol–water partition coefficient (Wildman–Crippen LogP) is 4.76. The molecule has 3 aromatic carbocycles. The number of hydrogen-bond acceptors (Lipinski definition) is 4. The van der Waals surface area contributed by atoms with Crippen molar-refractivity contribution in [3.63, 3.8) is 0 Å². The van der Waals surface area contributed by atoms with Crippen LogP contribution in [-0.4, -0.2) is 39.3 Å². The van der Waals surface area contributed by atoms with Crippen LogP contribution in [-0.2, 0) is 4.74 Å². The molecular formula is C25H26N2O3. The molecule has 0 radical (unpaired) electrons. The number of benzene rings is 3. The first-order valence-corrected chi connectivity index (χ1v) is 10.1. The highest BCUT2D eigenvalue weighted by molar-refractivity contribution is 6.05. The molecule has 0 saturated carbocycles. The third kappa shape index (κ3) is 4.47. The number of methoxy groups -OCH3 is 1. The summed E-state index contributed by atoms with van der Waals surface area (Å²) >= 11 is 0. The molecule has 0 unspecified atom stereocenters. The molecule has 1 aliphatic rings. The summed E-state index contributed by atoms with van der Waals surface area (Å²) in [5.41, 5.74) is 5.76. The standard InChI is InChI=1S/C25H26N2O3/c1-18-3-4-20(17-24(18)19-5-11-23(29-2)12-6-19)25(28)26-21-7-9-22(10-8-21)27-13-15-30-16-14-27/h3-12,17H,13-16H2,1-2H3,(H,26,28). The van der Waals surface area contributed by atoms with E-state index in [9.17, 15) is 4.79 Å². The second kappa shape index (κ2) is 9.01. The van der Waals surface area contributed by atoms with E-state index in [1.807, 2.05) is 73.7 Å². The van der Waals surface area contributed by atoms with Crippen molar-refractivity contribution in [3.05, 3.63) is 77.9 Å². The van der Waals surface area contributed by atoms with Crippen LogP contribution in [0.15, 0.2) is 66.7 Å². The van der Waals surface area contributed by atoms with Crippen molar-refractivity contribution in [2.24, 2.45) is 0 Å². The molecule has 5 nitrogen and oxygen atoms in total. The summed E-state index contributed by atoms with van der Waals surface area (Å²) in [5, 5.41) is 3.00. The number of ether oxygens (including phenoxy) is 2. The number of carbonyl (C=O) groups is 1. The Morgan fingerprint density at radius 3 is 2.33 bits per heavy atom. The predicted molar refractivity (Wildman–Crippen MR) is 121 cm³/mol. The fraction of sp³-hybridized carbons (Fsp3) is 0.240. The van der Waals surface area contributed by atoms with Crippen molar-refractivity contribution in [3.8, 4) is 16.9 Å². The number of morpholine rings is 1. The van der Waals surface area contributed by atoms with E-state index >= 15 is 0 Å². The van der Waals surface area contributed by atoms with E-state index in [1.165, 1.54) is 0 Å². The monoisotopic (exact) mass is 402 g/mol. The molecule has 5 heteroatoms. The fourth-order valence-corrected chi connectivity index (χ4v) is 3.63. The topological polar surface area (TPSA) is 50.8 Å². The molecule has 0 aliphatic carbocycles. The van der Waals surface area contributed by atoms with Gasteiger partial charge in [0.1, 0.15) is 5.75 Å². The van der Waals surface area contributed by atoms with E-state index in [0.29, 0.717) is 5.56 Å². The third-order valence-corrected chi connectivity index (χ3v) is 5.40. The second-order valence-corrected chi connectivity index (χ2v) is 7.36. The quantitative estimate of drug-likeness (QED) is 0.669. The van der Waals surface area contributed by atoms with Crippen molar-refractivity contribution in [1.29, 1.82) is 0 Å². The molecule has 1 heterocycles. The Balaban J connectivity index is 1.49. The van der Waals surface area contributed by atoms with Crippen LogP contribution in [0.25, 0.3) is 11.1 Å². The third-order valence-electron chi connectivity index (χ3n) is 5.40. The van der Waals surface area contributed by atoms with Crippen molar-refractivity contribution in [1.82, 2.24) is 0 Å². The molecule has 3 aromatic rings. The van der Waals surface area contributed by atoms with E-state index in [4.69, 9.17) is 9.47 Å². The molecule has 1 N–H and O–H groups in total. The van der Waals surface area contributed by atoms with Gasteiger partial charge in [-0.2, -0.15) is 0 Å². The Morgan fingerprint density at radius 2 is 1.67 bits per heavy atom. The average Bonchev–Trinajstić information content (AvgIpc) is 2.80. The number of nitrogens with one attached hydrogen (secondary N) is 1. The molecule has 0 aromatic heterocycles. The highest BCUT2D eigenvalue weighted by atomic mass is 16.5. The minimum absolute atomic E-state index is 0.121. The normalized spacial score (nSPS) is 13.7. The second-order valence-electron chi connectivity index (χ2n) is 7.36. The number of carbonyl (C=O) groups excluding carboxylic acids is 1. The van der Waals surface area contributed by atoms with Crippen LogP contribution in [0.3, 0.4) is 0 Å². The zero-order chi connectivity index (χ0) is 20.9. The van der Waals surface area contributed by atoms with Gasteiger partial charge in [0.05, 0.1) is 20.3 Å². The summed E-state index contributed by atoms with van der Waals surface area (Å²) in [6.07, 6.45) is 0. The SMILES string of the molecule is COc1ccc(-c2cc(C(=O)Nc3ccc(N4CCOCC4)cc3)ccc2C)cc1. The van der Waals surface area contributed by atoms with Crippen LogP contribution in [0.4, 0.5) is 11.4 Å². The molecule has 1 aliphatic heterocycles. The molecule has 1 fully saturated rings. The van der Waals surface area contributed by atoms with Crippen LogP contribution in [0.2, 0.25) is 0 Å². The van der Waals surface area contributed by atoms with E-state index in [1.54, 1.807) is 7.11 Å². The van der Waals surface area contributed by atoms with E-state index < -0.39 is 0 Å². The zero-order valence-electron chi connectivity index (χ0n) is 17.4. The minimum atomic E-state index is -0.121. The lowest BCUT2D eigenvalue weighted by Crippen LogP contribution is -2.36. The summed E-state index contributed by atoms with van der Waals surface area (Å²) in [6.45, 7) is 5.34. The lowest BCUT2D eigenvalue weighted by Gasteiger charge is -2.28. The average molecular weight is 402 g/mol. The highest BCUT2D eigenvalue weighted by Crippen LogP contribution is 2.27. The van der Waals surface area contributed by atoms with Crippen molar-refractivity contribution < 1.29 is 14.3 Å². The smallest absolute Gasteiger partial charge is 0.255 e. The van der Waals surface area contributed by atoms with Gasteiger partial charge in [0.25, 0.3) is 5.91 Å². The highest BCUT2D eigenvalue weighted by Gasteiger charge is 2.13. The summed E-state index contributed by atoms with van der Waals surface area (Å²) < 4.78 is 10.6. The summed E-state index contributed by atoms with van der Waals surface area (Å²) in [6, 6.07) is 21.6. The van der Waals surface area contributed by atoms with Crippen LogP contribution in [0.1, 0.15) is 15.9 Å². The summed E-state index contributed by atoms with van der Waals surface area (Å²) in [4.78, 5) is 15.1. The van der Waals surface area contributed by atoms with Gasteiger partial charge in [-0.15, -0.1) is 0 Å². The van der Waals surface area contributed by atoms with Gasteiger partial charge in [-0.1, -0.05) is 18.2 Å². The maximum atomic E-state index is 12.8. The van der Waals surface area contributed by atoms with Crippen molar-refractivity contribution in [2.75, 3.05) is 43.6 Å². The number of aryl methyl sites for hydroxylation is 1. The number of hydrogen-bond donors (Lipinski definition) is 1. The minimum Gasteiger partial charge on any atom is -0.497 e. The van der Waals surface area contributed by atoms with Crippen LogP contribution < -0.4 is 15.0 Å². The Morgan fingerprint density at radius 1 is 0.967 bits per heavy atom. The number of anilines is 2. The molecule has 1 amide bonds. The number of rotatable bonds is 5. The molecule has 4 rings (SSSR count). The van der Waals surface area contributed by atoms with Gasteiger partial charge in [0.15, 0.2) is 0 Å². The molecule has 0 atom stereocenters. The maximum Gasteiger partial charge on any atom is 0.255 e. The lowest BCUT2D eigenvalue weighted by molar-refractivity contribution is 0.102. The Kier molecular flexibility index (Phi) is 6.00. The van der Waals surface area contributed by atoms with Crippen LogP contribution >= 0.6 is 0 Å². The van der Waals surface area contributed by atoms with Crippen molar-refractivity contribution in [2.45, 2.75) is 6.92 Å². The van der Waals surface area contributed by atoms with Gasteiger partial charge in [0, 0.05) is 30.0 Å². The van der Waals surface area contributed by atoms with Crippen LogP contribution in [0.5, 0.6) is 5.75 Å². The molecule has 1 saturated heterocycles. The van der Waals surface area contributed by atoms with E-state index in [-0.39, 0.29) is 5.91 Å². The lowest BCUT2D eigenvalue weighted by atomic mass is 9.97. The largest absolute Gasteiger partial charge is 0.497 e. The van der Waals surface area contributed by atoms with Gasteiger partial charge in [-0.3, -0.25) is 4.79 Å². The van der Waals surface area contributed by atoms with Gasteiger partial charge >= 0.3 is 0 Å². The van der Waals surface area contributed by atoms with Gasteiger partial charge < -0.3 is 19.7 Å². The first kappa shape index (κ1) is 20.0. The van der Waals surface area contributed by atoms with Gasteiger partial charge in [-0.25, -0.2) is 0 Å².